The van der Waals surface area contributed by atoms with Gasteiger partial charge in [0.15, 0.2) is 0 Å². The first kappa shape index (κ1) is 16.4. The molecule has 1 fully saturated rings. The normalized spacial score (nSPS) is 19.1. The molecular weight excluding hydrogens is 306 g/mol. The number of hydrogen-bond donors (Lipinski definition) is 2. The predicted molar refractivity (Wildman–Crippen MR) is 93.0 cm³/mol. The SMILES string of the molecule is O=[N+]([O-])c1cccc(C(O)CN2CCC(Nc3ccccc3)C2)c1. The minimum absolute atomic E-state index is 0.0107. The van der Waals surface area contributed by atoms with Crippen LogP contribution in [0.1, 0.15) is 18.1 Å². The first-order valence-corrected chi connectivity index (χ1v) is 8.08. The molecule has 0 amide bonds. The monoisotopic (exact) mass is 327 g/mol. The van der Waals surface area contributed by atoms with Crippen molar-refractivity contribution in [3.63, 3.8) is 0 Å². The standard InChI is InChI=1S/C18H21N3O3/c22-18(14-5-4-8-17(11-14)21(23)24)13-20-10-9-16(12-20)19-15-6-2-1-3-7-15/h1-8,11,16,18-19,22H,9-10,12-13H2. The molecule has 2 aromatic rings. The Labute approximate surface area is 140 Å². The summed E-state index contributed by atoms with van der Waals surface area (Å²) < 4.78 is 0. The van der Waals surface area contributed by atoms with Gasteiger partial charge in [-0.25, -0.2) is 0 Å². The first-order chi connectivity index (χ1) is 11.6. The molecule has 0 aromatic heterocycles. The van der Waals surface area contributed by atoms with Gasteiger partial charge in [-0.2, -0.15) is 0 Å². The number of aliphatic hydroxyl groups excluding tert-OH is 1. The van der Waals surface area contributed by atoms with Crippen LogP contribution in [0, 0.1) is 10.1 Å². The molecule has 2 N–H and O–H groups in total. The van der Waals surface area contributed by atoms with E-state index in [4.69, 9.17) is 0 Å². The summed E-state index contributed by atoms with van der Waals surface area (Å²) in [5, 5.41) is 24.7. The fourth-order valence-electron chi connectivity index (χ4n) is 3.08. The second-order valence-electron chi connectivity index (χ2n) is 6.12. The summed E-state index contributed by atoms with van der Waals surface area (Å²) in [4.78, 5) is 12.6. The van der Waals surface area contributed by atoms with Crippen molar-refractivity contribution in [3.05, 3.63) is 70.3 Å². The molecule has 24 heavy (non-hydrogen) atoms. The van der Waals surface area contributed by atoms with Crippen molar-refractivity contribution in [1.29, 1.82) is 0 Å². The number of para-hydroxylation sites is 1. The molecule has 3 rings (SSSR count). The van der Waals surface area contributed by atoms with E-state index in [9.17, 15) is 15.2 Å². The summed E-state index contributed by atoms with van der Waals surface area (Å²) in [6.07, 6.45) is 0.289. The van der Waals surface area contributed by atoms with Crippen LogP contribution in [0.2, 0.25) is 0 Å². The zero-order chi connectivity index (χ0) is 16.9. The lowest BCUT2D eigenvalue weighted by molar-refractivity contribution is -0.385. The summed E-state index contributed by atoms with van der Waals surface area (Å²) in [5.41, 5.74) is 1.70. The van der Waals surface area contributed by atoms with Crippen LogP contribution in [0.25, 0.3) is 0 Å². The van der Waals surface area contributed by atoms with Crippen molar-refractivity contribution in [2.75, 3.05) is 25.0 Å². The van der Waals surface area contributed by atoms with E-state index < -0.39 is 11.0 Å². The van der Waals surface area contributed by atoms with E-state index in [1.54, 1.807) is 12.1 Å². The molecule has 1 aliphatic heterocycles. The summed E-state index contributed by atoms with van der Waals surface area (Å²) in [6.45, 7) is 2.23. The highest BCUT2D eigenvalue weighted by atomic mass is 16.6. The molecule has 2 atom stereocenters. The topological polar surface area (TPSA) is 78.6 Å². The molecule has 2 unspecified atom stereocenters. The molecule has 1 saturated heterocycles. The van der Waals surface area contributed by atoms with E-state index in [1.807, 2.05) is 30.3 Å². The van der Waals surface area contributed by atoms with Crippen LogP contribution in [0.15, 0.2) is 54.6 Å². The molecule has 6 heteroatoms. The zero-order valence-corrected chi connectivity index (χ0v) is 13.3. The van der Waals surface area contributed by atoms with Crippen LogP contribution < -0.4 is 5.32 Å². The van der Waals surface area contributed by atoms with Gasteiger partial charge >= 0.3 is 0 Å². The Morgan fingerprint density at radius 2 is 2.04 bits per heavy atom. The van der Waals surface area contributed by atoms with Crippen LogP contribution in [0.4, 0.5) is 11.4 Å². The van der Waals surface area contributed by atoms with Gasteiger partial charge in [0.05, 0.1) is 11.0 Å². The molecule has 0 aliphatic carbocycles. The Bertz CT molecular complexity index is 693. The van der Waals surface area contributed by atoms with Crippen LogP contribution in [-0.4, -0.2) is 40.6 Å². The Morgan fingerprint density at radius 3 is 2.79 bits per heavy atom. The number of nitro benzene ring substituents is 1. The maximum Gasteiger partial charge on any atom is 0.269 e. The van der Waals surface area contributed by atoms with E-state index in [0.29, 0.717) is 18.2 Å². The number of anilines is 1. The van der Waals surface area contributed by atoms with E-state index in [2.05, 4.69) is 10.2 Å². The average molecular weight is 327 g/mol. The Balaban J connectivity index is 1.55. The molecule has 1 aliphatic rings. The molecule has 0 bridgehead atoms. The first-order valence-electron chi connectivity index (χ1n) is 8.08. The Kier molecular flexibility index (Phi) is 5.08. The predicted octanol–water partition coefficient (Wildman–Crippen LogP) is 2.81. The number of benzene rings is 2. The van der Waals surface area contributed by atoms with Gasteiger partial charge in [-0.1, -0.05) is 30.3 Å². The van der Waals surface area contributed by atoms with Gasteiger partial charge in [-0.05, 0) is 24.1 Å². The largest absolute Gasteiger partial charge is 0.387 e. The van der Waals surface area contributed by atoms with Crippen molar-refractivity contribution in [3.8, 4) is 0 Å². The number of hydrogen-bond acceptors (Lipinski definition) is 5. The van der Waals surface area contributed by atoms with Crippen LogP contribution in [-0.2, 0) is 0 Å². The molecule has 0 saturated carbocycles. The van der Waals surface area contributed by atoms with Gasteiger partial charge in [-0.15, -0.1) is 0 Å². The minimum atomic E-state index is -0.722. The average Bonchev–Trinajstić information content (AvgIpc) is 3.02. The molecule has 126 valence electrons. The molecule has 1 heterocycles. The number of likely N-dealkylation sites (tertiary alicyclic amines) is 1. The summed E-state index contributed by atoms with van der Waals surface area (Å²) >= 11 is 0. The fraction of sp³-hybridized carbons (Fsp3) is 0.333. The molecule has 0 spiro atoms. The summed E-state index contributed by atoms with van der Waals surface area (Å²) in [6, 6.07) is 16.6. The van der Waals surface area contributed by atoms with Crippen molar-refractivity contribution in [1.82, 2.24) is 4.90 Å². The number of aliphatic hydroxyl groups is 1. The molecule has 0 radical (unpaired) electrons. The second kappa shape index (κ2) is 7.42. The van der Waals surface area contributed by atoms with Crippen molar-refractivity contribution in [2.24, 2.45) is 0 Å². The summed E-state index contributed by atoms with van der Waals surface area (Å²) in [5.74, 6) is 0. The second-order valence-corrected chi connectivity index (χ2v) is 6.12. The highest BCUT2D eigenvalue weighted by molar-refractivity contribution is 5.43. The van der Waals surface area contributed by atoms with Crippen LogP contribution >= 0.6 is 0 Å². The molecule has 2 aromatic carbocycles. The number of nitro groups is 1. The third-order valence-corrected chi connectivity index (χ3v) is 4.31. The highest BCUT2D eigenvalue weighted by Crippen LogP contribution is 2.22. The molecule has 6 nitrogen and oxygen atoms in total. The van der Waals surface area contributed by atoms with Crippen LogP contribution in [0.3, 0.4) is 0 Å². The minimum Gasteiger partial charge on any atom is -0.387 e. The third-order valence-electron chi connectivity index (χ3n) is 4.31. The lowest BCUT2D eigenvalue weighted by atomic mass is 10.1. The smallest absolute Gasteiger partial charge is 0.269 e. The number of nitrogens with zero attached hydrogens (tertiary/aromatic N) is 2. The van der Waals surface area contributed by atoms with Gasteiger partial charge in [0, 0.05) is 43.5 Å². The highest BCUT2D eigenvalue weighted by Gasteiger charge is 2.25. The van der Waals surface area contributed by atoms with Crippen LogP contribution in [0.5, 0.6) is 0 Å². The van der Waals surface area contributed by atoms with Gasteiger partial charge in [0.1, 0.15) is 0 Å². The lowest BCUT2D eigenvalue weighted by Crippen LogP contribution is -2.29. The number of non-ortho nitro benzene ring substituents is 1. The maximum absolute atomic E-state index is 10.8. The third kappa shape index (κ3) is 4.10. The van der Waals surface area contributed by atoms with Gasteiger partial charge in [0.25, 0.3) is 5.69 Å². The van der Waals surface area contributed by atoms with Gasteiger partial charge in [0.2, 0.25) is 0 Å². The van der Waals surface area contributed by atoms with E-state index >= 15 is 0 Å². The van der Waals surface area contributed by atoms with Crippen molar-refractivity contribution < 1.29 is 10.0 Å². The van der Waals surface area contributed by atoms with Gasteiger partial charge < -0.3 is 10.4 Å². The van der Waals surface area contributed by atoms with Crippen molar-refractivity contribution in [2.45, 2.75) is 18.6 Å². The van der Waals surface area contributed by atoms with E-state index in [-0.39, 0.29) is 5.69 Å². The van der Waals surface area contributed by atoms with E-state index in [1.165, 1.54) is 12.1 Å². The van der Waals surface area contributed by atoms with Gasteiger partial charge in [-0.3, -0.25) is 15.0 Å². The van der Waals surface area contributed by atoms with E-state index in [0.717, 1.165) is 25.2 Å². The Morgan fingerprint density at radius 1 is 1.25 bits per heavy atom. The number of β-amino-alcohol motifs (C(OH)–C–C–N with tert-alkyl or cyclic N) is 1. The maximum atomic E-state index is 10.8. The Hall–Kier alpha value is -2.44. The molecular formula is C18H21N3O3. The number of rotatable bonds is 6. The lowest BCUT2D eigenvalue weighted by Gasteiger charge is -2.21. The number of nitrogens with one attached hydrogen (secondary N) is 1. The zero-order valence-electron chi connectivity index (χ0n) is 13.3. The fourth-order valence-corrected chi connectivity index (χ4v) is 3.08. The summed E-state index contributed by atoms with van der Waals surface area (Å²) in [7, 11) is 0. The quantitative estimate of drug-likeness (QED) is 0.630. The van der Waals surface area contributed by atoms with Crippen molar-refractivity contribution >= 4 is 11.4 Å².